The van der Waals surface area contributed by atoms with Crippen LogP contribution in [0.3, 0.4) is 0 Å². The summed E-state index contributed by atoms with van der Waals surface area (Å²) in [7, 11) is 0. The van der Waals surface area contributed by atoms with Crippen molar-refractivity contribution in [1.29, 1.82) is 5.26 Å². The molecule has 0 unspecified atom stereocenters. The molecule has 3 nitrogen and oxygen atoms in total. The number of halogens is 2. The lowest BCUT2D eigenvalue weighted by Crippen LogP contribution is -1.98. The minimum Gasteiger partial charge on any atom is -0.397 e. The van der Waals surface area contributed by atoms with Gasteiger partial charge in [-0.3, -0.25) is 4.98 Å². The van der Waals surface area contributed by atoms with Gasteiger partial charge in [0.25, 0.3) is 0 Å². The van der Waals surface area contributed by atoms with Crippen molar-refractivity contribution in [1.82, 2.24) is 4.98 Å². The average Bonchev–Trinajstić information content (AvgIpc) is 2.34. The van der Waals surface area contributed by atoms with Crippen molar-refractivity contribution in [3.8, 4) is 17.3 Å². The molecule has 0 amide bonds. The number of pyridine rings is 1. The van der Waals surface area contributed by atoms with Crippen LogP contribution in [0.4, 0.5) is 14.5 Å². The molecular weight excluding hydrogens is 236 g/mol. The number of benzene rings is 1. The van der Waals surface area contributed by atoms with Gasteiger partial charge in [0.15, 0.2) is 11.6 Å². The van der Waals surface area contributed by atoms with Crippen LogP contribution in [0.25, 0.3) is 11.3 Å². The van der Waals surface area contributed by atoms with Crippen LogP contribution in [-0.4, -0.2) is 4.98 Å². The maximum atomic E-state index is 13.6. The zero-order valence-corrected chi connectivity index (χ0v) is 9.32. The molecule has 1 heterocycles. The van der Waals surface area contributed by atoms with Gasteiger partial charge in [-0.15, -0.1) is 0 Å². The maximum absolute atomic E-state index is 13.6. The summed E-state index contributed by atoms with van der Waals surface area (Å²) < 4.78 is 26.7. The highest BCUT2D eigenvalue weighted by atomic mass is 19.2. The Morgan fingerprint density at radius 2 is 2.11 bits per heavy atom. The van der Waals surface area contributed by atoms with Crippen LogP contribution in [0.1, 0.15) is 5.56 Å². The van der Waals surface area contributed by atoms with Crippen LogP contribution in [0, 0.1) is 23.0 Å². The van der Waals surface area contributed by atoms with Crippen molar-refractivity contribution in [2.45, 2.75) is 6.42 Å². The molecule has 2 N–H and O–H groups in total. The third-order valence-electron chi connectivity index (χ3n) is 2.46. The zero-order chi connectivity index (χ0) is 13.1. The van der Waals surface area contributed by atoms with Crippen LogP contribution < -0.4 is 5.73 Å². The number of hydrogen-bond donors (Lipinski definition) is 1. The molecular formula is C13H9F2N3. The fourth-order valence-electron chi connectivity index (χ4n) is 1.63. The second-order valence-corrected chi connectivity index (χ2v) is 3.72. The van der Waals surface area contributed by atoms with E-state index in [4.69, 9.17) is 11.0 Å². The predicted octanol–water partition coefficient (Wildman–Crippen LogP) is 2.68. The lowest BCUT2D eigenvalue weighted by atomic mass is 10.1. The Bertz CT molecular complexity index is 633. The lowest BCUT2D eigenvalue weighted by molar-refractivity contribution is 0.511. The Kier molecular flexibility index (Phi) is 3.20. The first kappa shape index (κ1) is 12.0. The number of nitrogens with two attached hydrogens (primary N) is 1. The van der Waals surface area contributed by atoms with Crippen molar-refractivity contribution >= 4 is 5.69 Å². The zero-order valence-electron chi connectivity index (χ0n) is 9.32. The molecule has 0 atom stereocenters. The summed E-state index contributed by atoms with van der Waals surface area (Å²) in [6.07, 6.45) is 1.60. The molecule has 0 fully saturated rings. The van der Waals surface area contributed by atoms with Gasteiger partial charge in [-0.2, -0.15) is 5.26 Å². The van der Waals surface area contributed by atoms with Crippen molar-refractivity contribution in [2.24, 2.45) is 0 Å². The number of nitrogens with zero attached hydrogens (tertiary/aromatic N) is 2. The van der Waals surface area contributed by atoms with E-state index in [1.54, 1.807) is 0 Å². The number of nitriles is 1. The number of rotatable bonds is 2. The van der Waals surface area contributed by atoms with E-state index in [0.29, 0.717) is 5.56 Å². The lowest BCUT2D eigenvalue weighted by Gasteiger charge is -2.07. The first-order valence-electron chi connectivity index (χ1n) is 5.19. The topological polar surface area (TPSA) is 62.7 Å². The second-order valence-electron chi connectivity index (χ2n) is 3.72. The highest BCUT2D eigenvalue weighted by molar-refractivity contribution is 5.73. The molecule has 0 radical (unpaired) electrons. The fourth-order valence-corrected chi connectivity index (χ4v) is 1.63. The number of hydrogen-bond acceptors (Lipinski definition) is 3. The highest BCUT2D eigenvalue weighted by Gasteiger charge is 2.13. The molecule has 0 aliphatic heterocycles. The first-order valence-corrected chi connectivity index (χ1v) is 5.19. The van der Waals surface area contributed by atoms with Gasteiger partial charge in [0.2, 0.25) is 0 Å². The van der Waals surface area contributed by atoms with Crippen LogP contribution in [0.2, 0.25) is 0 Å². The van der Waals surface area contributed by atoms with Crippen LogP contribution >= 0.6 is 0 Å². The molecule has 2 aromatic rings. The van der Waals surface area contributed by atoms with E-state index >= 15 is 0 Å². The molecule has 0 spiro atoms. The van der Waals surface area contributed by atoms with Crippen LogP contribution in [0.15, 0.2) is 30.5 Å². The van der Waals surface area contributed by atoms with Gasteiger partial charge in [-0.1, -0.05) is 6.07 Å². The molecule has 0 aliphatic rings. The second kappa shape index (κ2) is 4.80. The summed E-state index contributed by atoms with van der Waals surface area (Å²) in [6.45, 7) is 0. The normalized spacial score (nSPS) is 10.1. The molecule has 0 bridgehead atoms. The van der Waals surface area contributed by atoms with Gasteiger partial charge in [-0.05, 0) is 23.8 Å². The molecule has 0 saturated carbocycles. The Morgan fingerprint density at radius 3 is 2.78 bits per heavy atom. The first-order chi connectivity index (χ1) is 8.63. The van der Waals surface area contributed by atoms with Crippen molar-refractivity contribution < 1.29 is 8.78 Å². The van der Waals surface area contributed by atoms with E-state index in [9.17, 15) is 8.78 Å². The van der Waals surface area contributed by atoms with Gasteiger partial charge >= 0.3 is 0 Å². The summed E-state index contributed by atoms with van der Waals surface area (Å²) in [6, 6.07) is 7.32. The molecule has 5 heteroatoms. The third kappa shape index (κ3) is 2.13. The Morgan fingerprint density at radius 1 is 1.33 bits per heavy atom. The average molecular weight is 245 g/mol. The molecule has 1 aromatic carbocycles. The van der Waals surface area contributed by atoms with Gasteiger partial charge < -0.3 is 5.73 Å². The van der Waals surface area contributed by atoms with E-state index in [1.807, 2.05) is 6.07 Å². The number of nitrogen functional groups attached to an aromatic ring is 1. The summed E-state index contributed by atoms with van der Waals surface area (Å²) in [4.78, 5) is 3.99. The number of anilines is 1. The summed E-state index contributed by atoms with van der Waals surface area (Å²) in [5, 5.41) is 8.55. The highest BCUT2D eigenvalue weighted by Crippen LogP contribution is 2.27. The predicted molar refractivity (Wildman–Crippen MR) is 63.3 cm³/mol. The van der Waals surface area contributed by atoms with E-state index in [0.717, 1.165) is 6.07 Å². The van der Waals surface area contributed by atoms with Crippen LogP contribution in [0.5, 0.6) is 0 Å². The van der Waals surface area contributed by atoms with Gasteiger partial charge in [-0.25, -0.2) is 8.78 Å². The Labute approximate surface area is 103 Å². The van der Waals surface area contributed by atoms with Crippen molar-refractivity contribution in [2.75, 3.05) is 5.73 Å². The molecule has 2 rings (SSSR count). The van der Waals surface area contributed by atoms with Crippen molar-refractivity contribution in [3.63, 3.8) is 0 Å². The minimum absolute atomic E-state index is 0.0102. The Hall–Kier alpha value is -2.48. The number of aromatic nitrogens is 1. The van der Waals surface area contributed by atoms with E-state index < -0.39 is 11.6 Å². The quantitative estimate of drug-likeness (QED) is 0.884. The molecule has 1 aromatic heterocycles. The summed E-state index contributed by atoms with van der Waals surface area (Å²) in [5.74, 6) is -1.93. The molecule has 90 valence electrons. The maximum Gasteiger partial charge on any atom is 0.168 e. The van der Waals surface area contributed by atoms with Gasteiger partial charge in [0.05, 0.1) is 23.9 Å². The molecule has 18 heavy (non-hydrogen) atoms. The monoisotopic (exact) mass is 245 g/mol. The summed E-state index contributed by atoms with van der Waals surface area (Å²) in [5.41, 5.74) is 6.78. The Balaban J connectivity index is 2.52. The van der Waals surface area contributed by atoms with Gasteiger partial charge in [0, 0.05) is 11.8 Å². The largest absolute Gasteiger partial charge is 0.397 e. The third-order valence-corrected chi connectivity index (χ3v) is 2.46. The molecule has 0 saturated heterocycles. The molecule has 0 aliphatic carbocycles. The SMILES string of the molecule is N#CCc1cnc(-c2cccc(F)c2F)c(N)c1. The van der Waals surface area contributed by atoms with E-state index in [1.165, 1.54) is 24.4 Å². The fraction of sp³-hybridized carbons (Fsp3) is 0.0769. The van der Waals surface area contributed by atoms with E-state index in [2.05, 4.69) is 4.98 Å². The smallest absolute Gasteiger partial charge is 0.168 e. The van der Waals surface area contributed by atoms with E-state index in [-0.39, 0.29) is 23.4 Å². The van der Waals surface area contributed by atoms with Crippen LogP contribution in [-0.2, 0) is 6.42 Å². The summed E-state index contributed by atoms with van der Waals surface area (Å²) >= 11 is 0. The van der Waals surface area contributed by atoms with Crippen molar-refractivity contribution in [3.05, 3.63) is 47.7 Å². The van der Waals surface area contributed by atoms with Gasteiger partial charge in [0.1, 0.15) is 0 Å². The minimum atomic E-state index is -0.982. The standard InChI is InChI=1S/C13H9F2N3/c14-10-3-1-2-9(12(10)15)13-11(17)6-8(4-5-16)7-18-13/h1-3,6-7H,4,17H2.